The predicted molar refractivity (Wildman–Crippen MR) is 112 cm³/mol. The summed E-state index contributed by atoms with van der Waals surface area (Å²) in [5.74, 6) is 1.53. The van der Waals surface area contributed by atoms with E-state index >= 15 is 0 Å². The van der Waals surface area contributed by atoms with Crippen LogP contribution in [-0.4, -0.2) is 52.0 Å². The van der Waals surface area contributed by atoms with E-state index in [4.69, 9.17) is 14.2 Å². The highest BCUT2D eigenvalue weighted by atomic mass is 16.5. The molecule has 152 valence electrons. The Morgan fingerprint density at radius 3 is 2.43 bits per heavy atom. The van der Waals surface area contributed by atoms with Gasteiger partial charge in [0.05, 0.1) is 27.4 Å². The van der Waals surface area contributed by atoms with E-state index in [9.17, 15) is 0 Å². The first-order valence-corrected chi connectivity index (χ1v) is 9.93. The Morgan fingerprint density at radius 1 is 1.00 bits per heavy atom. The van der Waals surface area contributed by atoms with Crippen molar-refractivity contribution in [3.05, 3.63) is 58.7 Å². The first kappa shape index (κ1) is 20.6. The molecule has 1 saturated heterocycles. The molecule has 28 heavy (non-hydrogen) atoms. The van der Waals surface area contributed by atoms with Gasteiger partial charge in [-0.25, -0.2) is 0 Å². The van der Waals surface area contributed by atoms with Crippen molar-refractivity contribution in [2.75, 3.05) is 47.1 Å². The zero-order valence-corrected chi connectivity index (χ0v) is 17.5. The molecule has 3 rings (SSSR count). The van der Waals surface area contributed by atoms with E-state index in [-0.39, 0.29) is 6.04 Å². The van der Waals surface area contributed by atoms with Gasteiger partial charge in [0, 0.05) is 32.2 Å². The SMILES string of the molecule is COc1ccc(C(CNCc2ccc(C)cc2C)N2CCOCC2)cc1OC. The molecule has 2 aromatic carbocycles. The van der Waals surface area contributed by atoms with Crippen LogP contribution in [0.2, 0.25) is 0 Å². The van der Waals surface area contributed by atoms with Gasteiger partial charge in [0.1, 0.15) is 0 Å². The fourth-order valence-corrected chi connectivity index (χ4v) is 3.79. The number of methoxy groups -OCH3 is 2. The molecule has 0 aliphatic carbocycles. The van der Waals surface area contributed by atoms with Crippen LogP contribution in [0.4, 0.5) is 0 Å². The van der Waals surface area contributed by atoms with Crippen molar-refractivity contribution in [1.82, 2.24) is 10.2 Å². The van der Waals surface area contributed by atoms with Gasteiger partial charge in [-0.15, -0.1) is 0 Å². The molecule has 1 atom stereocenters. The molecule has 1 unspecified atom stereocenters. The maximum atomic E-state index is 5.56. The molecule has 1 N–H and O–H groups in total. The van der Waals surface area contributed by atoms with Gasteiger partial charge >= 0.3 is 0 Å². The number of rotatable bonds is 8. The van der Waals surface area contributed by atoms with Crippen LogP contribution in [0.3, 0.4) is 0 Å². The van der Waals surface area contributed by atoms with Crippen molar-refractivity contribution in [3.8, 4) is 11.5 Å². The summed E-state index contributed by atoms with van der Waals surface area (Å²) in [7, 11) is 3.35. The van der Waals surface area contributed by atoms with E-state index in [0.29, 0.717) is 0 Å². The van der Waals surface area contributed by atoms with Crippen molar-refractivity contribution in [1.29, 1.82) is 0 Å². The quantitative estimate of drug-likeness (QED) is 0.755. The maximum Gasteiger partial charge on any atom is 0.161 e. The monoisotopic (exact) mass is 384 g/mol. The smallest absolute Gasteiger partial charge is 0.161 e. The molecule has 0 aromatic heterocycles. The average Bonchev–Trinajstić information content (AvgIpc) is 2.72. The first-order chi connectivity index (χ1) is 13.6. The molecule has 1 heterocycles. The van der Waals surface area contributed by atoms with Gasteiger partial charge in [0.15, 0.2) is 11.5 Å². The summed E-state index contributed by atoms with van der Waals surface area (Å²) in [6, 6.07) is 13.1. The molecular weight excluding hydrogens is 352 g/mol. The summed E-state index contributed by atoms with van der Waals surface area (Å²) in [6.07, 6.45) is 0. The van der Waals surface area contributed by atoms with Gasteiger partial charge < -0.3 is 19.5 Å². The van der Waals surface area contributed by atoms with Crippen LogP contribution in [0.15, 0.2) is 36.4 Å². The molecule has 1 aliphatic heterocycles. The van der Waals surface area contributed by atoms with Crippen molar-refractivity contribution >= 4 is 0 Å². The van der Waals surface area contributed by atoms with E-state index < -0.39 is 0 Å². The normalized spacial score (nSPS) is 16.0. The van der Waals surface area contributed by atoms with Crippen molar-refractivity contribution in [3.63, 3.8) is 0 Å². The van der Waals surface area contributed by atoms with Gasteiger partial charge in [-0.1, -0.05) is 29.8 Å². The number of nitrogens with one attached hydrogen (secondary N) is 1. The molecule has 0 radical (unpaired) electrons. The Balaban J connectivity index is 1.75. The average molecular weight is 385 g/mol. The van der Waals surface area contributed by atoms with Crippen LogP contribution >= 0.6 is 0 Å². The van der Waals surface area contributed by atoms with Gasteiger partial charge in [-0.2, -0.15) is 0 Å². The third-order valence-electron chi connectivity index (χ3n) is 5.43. The number of ether oxygens (including phenoxy) is 3. The largest absolute Gasteiger partial charge is 0.493 e. The van der Waals surface area contributed by atoms with E-state index in [1.807, 2.05) is 6.07 Å². The molecule has 1 aliphatic rings. The second-order valence-corrected chi connectivity index (χ2v) is 7.34. The molecule has 2 aromatic rings. The molecule has 0 bridgehead atoms. The predicted octanol–water partition coefficient (Wildman–Crippen LogP) is 3.48. The van der Waals surface area contributed by atoms with Gasteiger partial charge in [-0.05, 0) is 42.7 Å². The number of nitrogens with zero attached hydrogens (tertiary/aromatic N) is 1. The Hall–Kier alpha value is -2.08. The lowest BCUT2D eigenvalue weighted by molar-refractivity contribution is 0.0160. The lowest BCUT2D eigenvalue weighted by atomic mass is 10.0. The number of hydrogen-bond donors (Lipinski definition) is 1. The molecule has 0 saturated carbocycles. The highest BCUT2D eigenvalue weighted by Gasteiger charge is 2.23. The van der Waals surface area contributed by atoms with Crippen LogP contribution in [0.5, 0.6) is 11.5 Å². The van der Waals surface area contributed by atoms with Crippen molar-refractivity contribution in [2.24, 2.45) is 0 Å². The maximum absolute atomic E-state index is 5.56. The summed E-state index contributed by atoms with van der Waals surface area (Å²) in [5.41, 5.74) is 5.21. The zero-order chi connectivity index (χ0) is 19.9. The van der Waals surface area contributed by atoms with Crippen molar-refractivity contribution in [2.45, 2.75) is 26.4 Å². The van der Waals surface area contributed by atoms with Crippen LogP contribution in [-0.2, 0) is 11.3 Å². The standard InChI is InChI=1S/C23H32N2O3/c1-17-5-6-20(18(2)13-17)15-24-16-21(25-9-11-28-12-10-25)19-7-8-22(26-3)23(14-19)27-4/h5-8,13-14,21,24H,9-12,15-16H2,1-4H3. The Labute approximate surface area is 168 Å². The number of benzene rings is 2. The molecule has 1 fully saturated rings. The van der Waals surface area contributed by atoms with Crippen LogP contribution < -0.4 is 14.8 Å². The summed E-state index contributed by atoms with van der Waals surface area (Å²) in [4.78, 5) is 2.49. The fourth-order valence-electron chi connectivity index (χ4n) is 3.79. The third kappa shape index (κ3) is 5.04. The molecule has 0 spiro atoms. The summed E-state index contributed by atoms with van der Waals surface area (Å²) in [5, 5.41) is 3.67. The minimum absolute atomic E-state index is 0.259. The fraction of sp³-hybridized carbons (Fsp3) is 0.478. The molecule has 0 amide bonds. The van der Waals surface area contributed by atoms with Crippen LogP contribution in [0.25, 0.3) is 0 Å². The highest BCUT2D eigenvalue weighted by molar-refractivity contribution is 5.44. The van der Waals surface area contributed by atoms with Crippen molar-refractivity contribution < 1.29 is 14.2 Å². The third-order valence-corrected chi connectivity index (χ3v) is 5.43. The van der Waals surface area contributed by atoms with Gasteiger partial charge in [0.25, 0.3) is 0 Å². The van der Waals surface area contributed by atoms with Gasteiger partial charge in [-0.3, -0.25) is 4.90 Å². The lowest BCUT2D eigenvalue weighted by Gasteiger charge is -2.35. The molecular formula is C23H32N2O3. The summed E-state index contributed by atoms with van der Waals surface area (Å²) in [6.45, 7) is 9.47. The minimum atomic E-state index is 0.259. The van der Waals surface area contributed by atoms with E-state index in [1.165, 1.54) is 22.3 Å². The Kier molecular flexibility index (Phi) is 7.31. The number of hydrogen-bond acceptors (Lipinski definition) is 5. The van der Waals surface area contributed by atoms with Crippen LogP contribution in [0, 0.1) is 13.8 Å². The highest BCUT2D eigenvalue weighted by Crippen LogP contribution is 2.32. The minimum Gasteiger partial charge on any atom is -0.493 e. The second kappa shape index (κ2) is 9.92. The number of aryl methyl sites for hydroxylation is 2. The second-order valence-electron chi connectivity index (χ2n) is 7.34. The lowest BCUT2D eigenvalue weighted by Crippen LogP contribution is -2.42. The van der Waals surface area contributed by atoms with E-state index in [0.717, 1.165) is 50.9 Å². The van der Waals surface area contributed by atoms with Crippen LogP contribution in [0.1, 0.15) is 28.3 Å². The summed E-state index contributed by atoms with van der Waals surface area (Å²) >= 11 is 0. The molecule has 5 nitrogen and oxygen atoms in total. The van der Waals surface area contributed by atoms with E-state index in [2.05, 4.69) is 54.4 Å². The number of morpholine rings is 1. The first-order valence-electron chi connectivity index (χ1n) is 9.93. The van der Waals surface area contributed by atoms with Gasteiger partial charge in [0.2, 0.25) is 0 Å². The Bertz CT molecular complexity index is 772. The Morgan fingerprint density at radius 2 is 1.75 bits per heavy atom. The zero-order valence-electron chi connectivity index (χ0n) is 17.5. The summed E-state index contributed by atoms with van der Waals surface area (Å²) < 4.78 is 16.5. The topological polar surface area (TPSA) is 43.0 Å². The van der Waals surface area contributed by atoms with E-state index in [1.54, 1.807) is 14.2 Å². The molecule has 5 heteroatoms.